The molecule has 1 saturated carbocycles. The van der Waals surface area contributed by atoms with Gasteiger partial charge in [0.15, 0.2) is 0 Å². The first-order chi connectivity index (χ1) is 5.84. The molecule has 1 saturated heterocycles. The van der Waals surface area contributed by atoms with E-state index in [4.69, 9.17) is 0 Å². The number of rotatable bonds is 2. The lowest BCUT2D eigenvalue weighted by molar-refractivity contribution is 0.143. The maximum atomic E-state index is 3.74. The molecule has 0 unspecified atom stereocenters. The van der Waals surface area contributed by atoms with Crippen LogP contribution in [0.15, 0.2) is 0 Å². The SMILES string of the molecule is CN1CC(NC2CCCCC2)C1. The largest absolute Gasteiger partial charge is 0.309 e. The molecule has 1 aliphatic heterocycles. The van der Waals surface area contributed by atoms with Crippen LogP contribution in [-0.4, -0.2) is 37.1 Å². The fourth-order valence-electron chi connectivity index (χ4n) is 2.41. The Morgan fingerprint density at radius 2 is 1.67 bits per heavy atom. The van der Waals surface area contributed by atoms with Crippen molar-refractivity contribution < 1.29 is 0 Å². The number of hydrogen-bond donors (Lipinski definition) is 1. The molecule has 0 amide bonds. The van der Waals surface area contributed by atoms with Gasteiger partial charge in [-0.15, -0.1) is 0 Å². The molecule has 2 heteroatoms. The second kappa shape index (κ2) is 3.75. The molecule has 0 bridgehead atoms. The Morgan fingerprint density at radius 3 is 2.25 bits per heavy atom. The average molecular weight is 168 g/mol. The standard InChI is InChI=1S/C10H20N2/c1-12-7-10(8-12)11-9-5-3-2-4-6-9/h9-11H,2-8H2,1H3. The lowest BCUT2D eigenvalue weighted by atomic mass is 9.94. The van der Waals surface area contributed by atoms with E-state index < -0.39 is 0 Å². The first-order valence-electron chi connectivity index (χ1n) is 5.29. The molecule has 0 aromatic carbocycles. The minimum atomic E-state index is 0.804. The summed E-state index contributed by atoms with van der Waals surface area (Å²) in [6.07, 6.45) is 7.18. The summed E-state index contributed by atoms with van der Waals surface area (Å²) in [5, 5.41) is 3.74. The third kappa shape index (κ3) is 1.99. The summed E-state index contributed by atoms with van der Waals surface area (Å²) < 4.78 is 0. The van der Waals surface area contributed by atoms with Gasteiger partial charge in [0.05, 0.1) is 0 Å². The molecule has 12 heavy (non-hydrogen) atoms. The molecule has 2 rings (SSSR count). The van der Waals surface area contributed by atoms with Crippen LogP contribution in [0.3, 0.4) is 0 Å². The van der Waals surface area contributed by atoms with Gasteiger partial charge in [0, 0.05) is 25.2 Å². The van der Waals surface area contributed by atoms with Crippen molar-refractivity contribution >= 4 is 0 Å². The normalized spacial score (nSPS) is 28.8. The van der Waals surface area contributed by atoms with E-state index in [0.717, 1.165) is 12.1 Å². The highest BCUT2D eigenvalue weighted by atomic mass is 15.2. The molecule has 2 aliphatic rings. The van der Waals surface area contributed by atoms with Gasteiger partial charge in [-0.1, -0.05) is 19.3 Å². The molecule has 0 spiro atoms. The van der Waals surface area contributed by atoms with Crippen LogP contribution in [-0.2, 0) is 0 Å². The summed E-state index contributed by atoms with van der Waals surface area (Å²) in [5.74, 6) is 0. The van der Waals surface area contributed by atoms with E-state index in [1.165, 1.54) is 45.2 Å². The zero-order valence-corrected chi connectivity index (χ0v) is 8.05. The molecular formula is C10H20N2. The average Bonchev–Trinajstić information content (AvgIpc) is 2.04. The van der Waals surface area contributed by atoms with E-state index >= 15 is 0 Å². The van der Waals surface area contributed by atoms with Gasteiger partial charge in [-0.3, -0.25) is 0 Å². The first-order valence-corrected chi connectivity index (χ1v) is 5.29. The quantitative estimate of drug-likeness (QED) is 0.667. The number of nitrogens with zero attached hydrogens (tertiary/aromatic N) is 1. The molecule has 2 nitrogen and oxygen atoms in total. The van der Waals surface area contributed by atoms with Crippen molar-refractivity contribution in [1.82, 2.24) is 10.2 Å². The highest BCUT2D eigenvalue weighted by Crippen LogP contribution is 2.19. The third-order valence-electron chi connectivity index (χ3n) is 3.14. The van der Waals surface area contributed by atoms with Crippen molar-refractivity contribution in [2.45, 2.75) is 44.2 Å². The monoisotopic (exact) mass is 168 g/mol. The van der Waals surface area contributed by atoms with E-state index in [1.807, 2.05) is 0 Å². The number of hydrogen-bond acceptors (Lipinski definition) is 2. The van der Waals surface area contributed by atoms with Gasteiger partial charge in [0.25, 0.3) is 0 Å². The number of likely N-dealkylation sites (N-methyl/N-ethyl adjacent to an activating group) is 1. The molecule has 70 valence electrons. The molecule has 0 atom stereocenters. The van der Waals surface area contributed by atoms with Crippen molar-refractivity contribution in [3.63, 3.8) is 0 Å². The van der Waals surface area contributed by atoms with Crippen LogP contribution in [0.2, 0.25) is 0 Å². The van der Waals surface area contributed by atoms with E-state index in [1.54, 1.807) is 0 Å². The van der Waals surface area contributed by atoms with Gasteiger partial charge in [-0.25, -0.2) is 0 Å². The second-order valence-electron chi connectivity index (χ2n) is 4.42. The molecule has 0 radical (unpaired) electrons. The van der Waals surface area contributed by atoms with Crippen LogP contribution < -0.4 is 5.32 Å². The van der Waals surface area contributed by atoms with E-state index in [-0.39, 0.29) is 0 Å². The van der Waals surface area contributed by atoms with Gasteiger partial charge in [-0.05, 0) is 19.9 Å². The lowest BCUT2D eigenvalue weighted by Gasteiger charge is -2.40. The molecule has 0 aromatic rings. The Kier molecular flexibility index (Phi) is 2.66. The molecular weight excluding hydrogens is 148 g/mol. The van der Waals surface area contributed by atoms with Crippen LogP contribution in [0.25, 0.3) is 0 Å². The van der Waals surface area contributed by atoms with Gasteiger partial charge in [0.2, 0.25) is 0 Å². The Morgan fingerprint density at radius 1 is 1.00 bits per heavy atom. The van der Waals surface area contributed by atoms with Gasteiger partial charge >= 0.3 is 0 Å². The van der Waals surface area contributed by atoms with E-state index in [9.17, 15) is 0 Å². The van der Waals surface area contributed by atoms with Crippen molar-refractivity contribution in [1.29, 1.82) is 0 Å². The highest BCUT2D eigenvalue weighted by molar-refractivity contribution is 4.87. The number of nitrogens with one attached hydrogen (secondary N) is 1. The minimum Gasteiger partial charge on any atom is -0.309 e. The van der Waals surface area contributed by atoms with Crippen LogP contribution in [0.1, 0.15) is 32.1 Å². The Balaban J connectivity index is 1.65. The summed E-state index contributed by atoms with van der Waals surface area (Å²) in [4.78, 5) is 2.38. The predicted octanol–water partition coefficient (Wildman–Crippen LogP) is 1.22. The Hall–Kier alpha value is -0.0800. The molecule has 2 fully saturated rings. The summed E-state index contributed by atoms with van der Waals surface area (Å²) in [7, 11) is 2.19. The molecule has 0 aromatic heterocycles. The van der Waals surface area contributed by atoms with Crippen LogP contribution >= 0.6 is 0 Å². The summed E-state index contributed by atoms with van der Waals surface area (Å²) in [5.41, 5.74) is 0. The van der Waals surface area contributed by atoms with Crippen molar-refractivity contribution in [3.05, 3.63) is 0 Å². The smallest absolute Gasteiger partial charge is 0.0324 e. The van der Waals surface area contributed by atoms with E-state index in [2.05, 4.69) is 17.3 Å². The van der Waals surface area contributed by atoms with Gasteiger partial charge < -0.3 is 10.2 Å². The minimum absolute atomic E-state index is 0.804. The molecule has 1 heterocycles. The summed E-state index contributed by atoms with van der Waals surface area (Å²) in [6.45, 7) is 2.52. The topological polar surface area (TPSA) is 15.3 Å². The van der Waals surface area contributed by atoms with Gasteiger partial charge in [-0.2, -0.15) is 0 Å². The summed E-state index contributed by atoms with van der Waals surface area (Å²) >= 11 is 0. The highest BCUT2D eigenvalue weighted by Gasteiger charge is 2.25. The predicted molar refractivity (Wildman–Crippen MR) is 51.3 cm³/mol. The fourth-order valence-corrected chi connectivity index (χ4v) is 2.41. The van der Waals surface area contributed by atoms with Crippen molar-refractivity contribution in [2.75, 3.05) is 20.1 Å². The molecule has 1 N–H and O–H groups in total. The van der Waals surface area contributed by atoms with Crippen molar-refractivity contribution in [3.8, 4) is 0 Å². The Bertz CT molecular complexity index is 135. The third-order valence-corrected chi connectivity index (χ3v) is 3.14. The van der Waals surface area contributed by atoms with Crippen LogP contribution in [0, 0.1) is 0 Å². The second-order valence-corrected chi connectivity index (χ2v) is 4.42. The maximum Gasteiger partial charge on any atom is 0.0324 e. The molecule has 1 aliphatic carbocycles. The van der Waals surface area contributed by atoms with Gasteiger partial charge in [0.1, 0.15) is 0 Å². The van der Waals surface area contributed by atoms with E-state index in [0.29, 0.717) is 0 Å². The first kappa shape index (κ1) is 8.52. The number of likely N-dealkylation sites (tertiary alicyclic amines) is 1. The van der Waals surface area contributed by atoms with Crippen molar-refractivity contribution in [2.24, 2.45) is 0 Å². The van der Waals surface area contributed by atoms with Crippen LogP contribution in [0.5, 0.6) is 0 Å². The summed E-state index contributed by atoms with van der Waals surface area (Å²) in [6, 6.07) is 1.65. The van der Waals surface area contributed by atoms with Crippen LogP contribution in [0.4, 0.5) is 0 Å². The lowest BCUT2D eigenvalue weighted by Crippen LogP contribution is -2.58. The maximum absolute atomic E-state index is 3.74. The Labute approximate surface area is 75.3 Å². The fraction of sp³-hybridized carbons (Fsp3) is 1.00. The zero-order valence-electron chi connectivity index (χ0n) is 8.05. The zero-order chi connectivity index (χ0) is 8.39.